The van der Waals surface area contributed by atoms with Gasteiger partial charge in [-0.1, -0.05) is 19.8 Å². The molecule has 0 aliphatic carbocycles. The molecule has 2 aromatic rings. The average molecular weight is 477 g/mol. The Balaban J connectivity index is 1.23. The van der Waals surface area contributed by atoms with E-state index in [9.17, 15) is 14.4 Å². The number of nitrogens with zero attached hydrogens (tertiary/aromatic N) is 2. The second kappa shape index (κ2) is 11.9. The molecule has 2 N–H and O–H groups in total. The van der Waals surface area contributed by atoms with Crippen LogP contribution in [0.15, 0.2) is 48.5 Å². The molecule has 0 unspecified atom stereocenters. The standard InChI is InChI=1S/C28H36N4O3/c1-21-14-18-32(19-15-21)28(35)22-6-10-24(11-7-22)29-20-26(33)30-25-12-8-23(9-13-25)27(34)31-16-4-2-3-5-17-31/h6-13,21,29H,2-5,14-20H2,1H3,(H,30,33). The van der Waals surface area contributed by atoms with Crippen LogP contribution in [0.3, 0.4) is 0 Å². The minimum Gasteiger partial charge on any atom is -0.376 e. The molecule has 2 aromatic carbocycles. The van der Waals surface area contributed by atoms with Gasteiger partial charge >= 0.3 is 0 Å². The number of carbonyl (C=O) groups excluding carboxylic acids is 3. The lowest BCUT2D eigenvalue weighted by molar-refractivity contribution is -0.114. The Morgan fingerprint density at radius 1 is 0.714 bits per heavy atom. The van der Waals surface area contributed by atoms with E-state index in [4.69, 9.17) is 0 Å². The molecule has 186 valence electrons. The summed E-state index contributed by atoms with van der Waals surface area (Å²) in [4.78, 5) is 41.6. The average Bonchev–Trinajstić information content (AvgIpc) is 3.18. The maximum atomic E-state index is 12.7. The zero-order chi connectivity index (χ0) is 24.6. The largest absolute Gasteiger partial charge is 0.376 e. The summed E-state index contributed by atoms with van der Waals surface area (Å²) in [5.41, 5.74) is 2.75. The van der Waals surface area contributed by atoms with E-state index in [2.05, 4.69) is 17.6 Å². The third-order valence-electron chi connectivity index (χ3n) is 6.96. The normalized spacial score (nSPS) is 16.9. The third-order valence-corrected chi connectivity index (χ3v) is 6.96. The summed E-state index contributed by atoms with van der Waals surface area (Å²) in [6.45, 7) is 5.59. The lowest BCUT2D eigenvalue weighted by atomic mass is 9.98. The Morgan fingerprint density at radius 3 is 1.74 bits per heavy atom. The van der Waals surface area contributed by atoms with E-state index in [0.29, 0.717) is 22.7 Å². The van der Waals surface area contributed by atoms with Crippen LogP contribution in [0.4, 0.5) is 11.4 Å². The van der Waals surface area contributed by atoms with Crippen molar-refractivity contribution in [1.29, 1.82) is 0 Å². The highest BCUT2D eigenvalue weighted by molar-refractivity contribution is 5.97. The smallest absolute Gasteiger partial charge is 0.253 e. The van der Waals surface area contributed by atoms with E-state index in [1.807, 2.05) is 21.9 Å². The zero-order valence-corrected chi connectivity index (χ0v) is 20.6. The van der Waals surface area contributed by atoms with Gasteiger partial charge in [0.05, 0.1) is 6.54 Å². The maximum Gasteiger partial charge on any atom is 0.253 e. The number of piperidine rings is 1. The van der Waals surface area contributed by atoms with E-state index in [1.165, 1.54) is 12.8 Å². The fourth-order valence-corrected chi connectivity index (χ4v) is 4.66. The molecule has 0 atom stereocenters. The van der Waals surface area contributed by atoms with Crippen LogP contribution in [0.2, 0.25) is 0 Å². The number of likely N-dealkylation sites (tertiary alicyclic amines) is 2. The summed E-state index contributed by atoms with van der Waals surface area (Å²) >= 11 is 0. The predicted octanol–water partition coefficient (Wildman–Crippen LogP) is 4.63. The first-order valence-electron chi connectivity index (χ1n) is 12.8. The molecule has 0 spiro atoms. The summed E-state index contributed by atoms with van der Waals surface area (Å²) in [7, 11) is 0. The second-order valence-electron chi connectivity index (χ2n) is 9.74. The third kappa shape index (κ3) is 6.84. The molecule has 35 heavy (non-hydrogen) atoms. The van der Waals surface area contributed by atoms with Gasteiger partial charge in [0.15, 0.2) is 0 Å². The first kappa shape index (κ1) is 24.8. The predicted molar refractivity (Wildman–Crippen MR) is 139 cm³/mol. The van der Waals surface area contributed by atoms with Crippen molar-refractivity contribution in [2.45, 2.75) is 45.4 Å². The van der Waals surface area contributed by atoms with Crippen molar-refractivity contribution >= 4 is 29.1 Å². The molecule has 0 aromatic heterocycles. The molecule has 2 aliphatic rings. The Bertz CT molecular complexity index is 1000. The Labute approximate surface area is 207 Å². The summed E-state index contributed by atoms with van der Waals surface area (Å²) in [5, 5.41) is 5.95. The number of amides is 3. The molecule has 2 saturated heterocycles. The number of hydrogen-bond donors (Lipinski definition) is 2. The van der Waals surface area contributed by atoms with E-state index in [0.717, 1.165) is 57.5 Å². The van der Waals surface area contributed by atoms with Gasteiger partial charge in [0.1, 0.15) is 0 Å². The van der Waals surface area contributed by atoms with Crippen LogP contribution in [0.1, 0.15) is 66.2 Å². The first-order chi connectivity index (χ1) is 17.0. The highest BCUT2D eigenvalue weighted by Crippen LogP contribution is 2.19. The number of carbonyl (C=O) groups is 3. The van der Waals surface area contributed by atoms with Crippen LogP contribution < -0.4 is 10.6 Å². The molecule has 4 rings (SSSR count). The van der Waals surface area contributed by atoms with E-state index in [1.54, 1.807) is 36.4 Å². The van der Waals surface area contributed by atoms with Crippen LogP contribution in [-0.2, 0) is 4.79 Å². The minimum absolute atomic E-state index is 0.0585. The number of rotatable bonds is 6. The lowest BCUT2D eigenvalue weighted by Crippen LogP contribution is -2.37. The lowest BCUT2D eigenvalue weighted by Gasteiger charge is -2.30. The summed E-state index contributed by atoms with van der Waals surface area (Å²) in [6.07, 6.45) is 6.59. The van der Waals surface area contributed by atoms with Crippen LogP contribution in [0.25, 0.3) is 0 Å². The molecule has 7 heteroatoms. The second-order valence-corrected chi connectivity index (χ2v) is 9.74. The van der Waals surface area contributed by atoms with Crippen molar-refractivity contribution < 1.29 is 14.4 Å². The SMILES string of the molecule is CC1CCN(C(=O)c2ccc(NCC(=O)Nc3ccc(C(=O)N4CCCCCC4)cc3)cc2)CC1. The van der Waals surface area contributed by atoms with Crippen LogP contribution in [-0.4, -0.2) is 60.2 Å². The molecule has 3 amide bonds. The molecule has 2 heterocycles. The fraction of sp³-hybridized carbons (Fsp3) is 0.464. The molecule has 0 radical (unpaired) electrons. The molecule has 0 bridgehead atoms. The Hall–Kier alpha value is -3.35. The Morgan fingerprint density at radius 2 is 1.20 bits per heavy atom. The quantitative estimate of drug-likeness (QED) is 0.637. The van der Waals surface area contributed by atoms with Gasteiger partial charge in [0.2, 0.25) is 5.91 Å². The molecule has 2 aliphatic heterocycles. The van der Waals surface area contributed by atoms with Crippen molar-refractivity contribution in [2.75, 3.05) is 43.4 Å². The summed E-state index contributed by atoms with van der Waals surface area (Å²) in [6, 6.07) is 14.4. The summed E-state index contributed by atoms with van der Waals surface area (Å²) < 4.78 is 0. The molecular weight excluding hydrogens is 440 g/mol. The maximum absolute atomic E-state index is 12.7. The van der Waals surface area contributed by atoms with Gasteiger partial charge in [-0.2, -0.15) is 0 Å². The number of benzene rings is 2. The van der Waals surface area contributed by atoms with Crippen LogP contribution in [0.5, 0.6) is 0 Å². The monoisotopic (exact) mass is 476 g/mol. The van der Waals surface area contributed by atoms with Gasteiger partial charge in [-0.05, 0) is 80.1 Å². The van der Waals surface area contributed by atoms with Crippen molar-refractivity contribution in [3.63, 3.8) is 0 Å². The van der Waals surface area contributed by atoms with E-state index >= 15 is 0 Å². The number of hydrogen-bond acceptors (Lipinski definition) is 4. The van der Waals surface area contributed by atoms with Gasteiger partial charge in [-0.3, -0.25) is 14.4 Å². The van der Waals surface area contributed by atoms with Crippen molar-refractivity contribution in [2.24, 2.45) is 5.92 Å². The van der Waals surface area contributed by atoms with Crippen molar-refractivity contribution in [3.8, 4) is 0 Å². The number of nitrogens with one attached hydrogen (secondary N) is 2. The summed E-state index contributed by atoms with van der Waals surface area (Å²) in [5.74, 6) is 0.628. The van der Waals surface area contributed by atoms with Gasteiger partial charge < -0.3 is 20.4 Å². The minimum atomic E-state index is -0.181. The number of anilines is 2. The van der Waals surface area contributed by atoms with Gasteiger partial charge in [-0.25, -0.2) is 0 Å². The highest BCUT2D eigenvalue weighted by Gasteiger charge is 2.21. The molecule has 2 fully saturated rings. The van der Waals surface area contributed by atoms with Crippen LogP contribution in [0, 0.1) is 5.92 Å². The van der Waals surface area contributed by atoms with E-state index in [-0.39, 0.29) is 24.3 Å². The molecule has 7 nitrogen and oxygen atoms in total. The Kier molecular flexibility index (Phi) is 8.40. The van der Waals surface area contributed by atoms with Gasteiger partial charge in [0, 0.05) is 48.7 Å². The van der Waals surface area contributed by atoms with Crippen LogP contribution >= 0.6 is 0 Å². The first-order valence-corrected chi connectivity index (χ1v) is 12.8. The van der Waals surface area contributed by atoms with Crippen molar-refractivity contribution in [3.05, 3.63) is 59.7 Å². The molecule has 0 saturated carbocycles. The topological polar surface area (TPSA) is 81.8 Å². The van der Waals surface area contributed by atoms with Crippen molar-refractivity contribution in [1.82, 2.24) is 9.80 Å². The highest BCUT2D eigenvalue weighted by atomic mass is 16.2. The van der Waals surface area contributed by atoms with Gasteiger partial charge in [-0.15, -0.1) is 0 Å². The zero-order valence-electron chi connectivity index (χ0n) is 20.6. The fourth-order valence-electron chi connectivity index (χ4n) is 4.66. The molecular formula is C28H36N4O3. The van der Waals surface area contributed by atoms with E-state index < -0.39 is 0 Å². The van der Waals surface area contributed by atoms with Gasteiger partial charge in [0.25, 0.3) is 11.8 Å².